The van der Waals surface area contributed by atoms with E-state index < -0.39 is 20.0 Å². The second kappa shape index (κ2) is 56.7. The maximum atomic E-state index is 13.0. The Bertz CT molecular complexity index is 1260. The predicted molar refractivity (Wildman–Crippen MR) is 321 cm³/mol. The number of rotatable bonds is 61. The molecule has 8 nitrogen and oxygen atoms in total. The normalized spacial score (nSPS) is 13.9. The number of aliphatic hydroxyl groups is 1. The zero-order valence-corrected chi connectivity index (χ0v) is 51.2. The lowest BCUT2D eigenvalue weighted by atomic mass is 10.0. The molecule has 440 valence electrons. The number of quaternary nitrogens is 1. The van der Waals surface area contributed by atoms with Gasteiger partial charge in [0.05, 0.1) is 39.9 Å². The number of amides is 1. The fourth-order valence-electron chi connectivity index (χ4n) is 10.1. The lowest BCUT2D eigenvalue weighted by molar-refractivity contribution is -0.870. The van der Waals surface area contributed by atoms with Crippen molar-refractivity contribution in [3.05, 3.63) is 24.3 Å². The summed E-state index contributed by atoms with van der Waals surface area (Å²) in [6.45, 7) is 4.68. The molecule has 1 amide bonds. The zero-order valence-electron chi connectivity index (χ0n) is 50.3. The largest absolute Gasteiger partial charge is 0.756 e. The molecule has 0 spiro atoms. The molecule has 0 radical (unpaired) electrons. The molecule has 3 atom stereocenters. The Balaban J connectivity index is 3.97. The molecule has 0 aliphatic carbocycles. The van der Waals surface area contributed by atoms with Gasteiger partial charge in [-0.25, -0.2) is 0 Å². The number of phosphoric ester groups is 1. The number of unbranched alkanes of at least 4 members (excludes halogenated alkanes) is 46. The van der Waals surface area contributed by atoms with Crippen LogP contribution in [0.3, 0.4) is 0 Å². The molecule has 2 N–H and O–H groups in total. The summed E-state index contributed by atoms with van der Waals surface area (Å²) in [4.78, 5) is 25.5. The van der Waals surface area contributed by atoms with E-state index in [2.05, 4.69) is 31.3 Å². The van der Waals surface area contributed by atoms with Gasteiger partial charge in [-0.1, -0.05) is 321 Å². The number of hydrogen-bond donors (Lipinski definition) is 2. The highest BCUT2D eigenvalue weighted by Crippen LogP contribution is 2.38. The minimum absolute atomic E-state index is 0.00369. The Morgan fingerprint density at radius 1 is 0.459 bits per heavy atom. The van der Waals surface area contributed by atoms with E-state index in [9.17, 15) is 19.4 Å². The summed E-state index contributed by atoms with van der Waals surface area (Å²) < 4.78 is 23.4. The second-order valence-electron chi connectivity index (χ2n) is 23.8. The van der Waals surface area contributed by atoms with E-state index in [0.717, 1.165) is 38.5 Å². The molecule has 74 heavy (non-hydrogen) atoms. The second-order valence-corrected chi connectivity index (χ2v) is 25.2. The summed E-state index contributed by atoms with van der Waals surface area (Å²) in [6.07, 6.45) is 73.0. The molecule has 0 aliphatic rings. The Morgan fingerprint density at radius 2 is 0.757 bits per heavy atom. The maximum absolute atomic E-state index is 13.0. The topological polar surface area (TPSA) is 108 Å². The fraction of sp³-hybridized carbons (Fsp3) is 0.923. The van der Waals surface area contributed by atoms with Crippen LogP contribution in [0.1, 0.15) is 335 Å². The Morgan fingerprint density at radius 3 is 1.09 bits per heavy atom. The van der Waals surface area contributed by atoms with Crippen molar-refractivity contribution >= 4 is 13.7 Å². The number of hydrogen-bond acceptors (Lipinski definition) is 6. The first-order chi connectivity index (χ1) is 36.0. The Hall–Kier alpha value is -1.02. The van der Waals surface area contributed by atoms with Crippen molar-refractivity contribution in [1.82, 2.24) is 5.32 Å². The zero-order chi connectivity index (χ0) is 54.2. The van der Waals surface area contributed by atoms with E-state index >= 15 is 0 Å². The quantitative estimate of drug-likeness (QED) is 0.0272. The lowest BCUT2D eigenvalue weighted by Gasteiger charge is -2.29. The first-order valence-electron chi connectivity index (χ1n) is 32.7. The van der Waals surface area contributed by atoms with E-state index in [4.69, 9.17) is 9.05 Å². The van der Waals surface area contributed by atoms with Crippen molar-refractivity contribution in [2.24, 2.45) is 0 Å². The monoisotopic (exact) mass is 1060 g/mol. The SMILES string of the molecule is CCCCCCCCCCCCC/C=C/CC/C=C/C(O)C(COP(=O)([O-])OCC[N+](C)(C)C)NC(=O)CCCCCCCCCCCCCCCCCCCCCCCCCCCCCCCCCCCCC. The summed E-state index contributed by atoms with van der Waals surface area (Å²) in [5, 5.41) is 13.9. The third-order valence-electron chi connectivity index (χ3n) is 15.2. The molecule has 0 aromatic heterocycles. The number of aliphatic hydroxyl groups excluding tert-OH is 1. The van der Waals surface area contributed by atoms with Crippen LogP contribution in [0.2, 0.25) is 0 Å². The number of likely N-dealkylation sites (N-methyl/N-ethyl adjacent to an activating group) is 1. The first-order valence-corrected chi connectivity index (χ1v) is 34.2. The summed E-state index contributed by atoms with van der Waals surface area (Å²) in [6, 6.07) is -0.900. The van der Waals surface area contributed by atoms with Crippen LogP contribution in [0.25, 0.3) is 0 Å². The maximum Gasteiger partial charge on any atom is 0.268 e. The van der Waals surface area contributed by atoms with Gasteiger partial charge in [-0.3, -0.25) is 9.36 Å². The van der Waals surface area contributed by atoms with Crippen molar-refractivity contribution in [3.63, 3.8) is 0 Å². The van der Waals surface area contributed by atoms with Crippen LogP contribution >= 0.6 is 7.82 Å². The summed E-state index contributed by atoms with van der Waals surface area (Å²) in [5.74, 6) is -0.200. The Kier molecular flexibility index (Phi) is 55.9. The smallest absolute Gasteiger partial charge is 0.268 e. The van der Waals surface area contributed by atoms with Gasteiger partial charge in [-0.05, 0) is 32.1 Å². The fourth-order valence-corrected chi connectivity index (χ4v) is 10.8. The van der Waals surface area contributed by atoms with Crippen LogP contribution in [0.4, 0.5) is 0 Å². The van der Waals surface area contributed by atoms with Crippen molar-refractivity contribution < 1.29 is 32.9 Å². The van der Waals surface area contributed by atoms with E-state index in [0.29, 0.717) is 17.4 Å². The van der Waals surface area contributed by atoms with Gasteiger partial charge in [0.1, 0.15) is 13.2 Å². The average Bonchev–Trinajstić information content (AvgIpc) is 3.36. The van der Waals surface area contributed by atoms with E-state index in [-0.39, 0.29) is 19.1 Å². The first kappa shape index (κ1) is 73.0. The van der Waals surface area contributed by atoms with Gasteiger partial charge in [-0.15, -0.1) is 0 Å². The van der Waals surface area contributed by atoms with Crippen LogP contribution in [0.5, 0.6) is 0 Å². The van der Waals surface area contributed by atoms with E-state index in [1.807, 2.05) is 27.2 Å². The van der Waals surface area contributed by atoms with Crippen molar-refractivity contribution in [1.29, 1.82) is 0 Å². The number of nitrogens with one attached hydrogen (secondary N) is 1. The Labute approximate surface area is 462 Å². The predicted octanol–water partition coefficient (Wildman–Crippen LogP) is 19.7. The molecule has 0 heterocycles. The summed E-state index contributed by atoms with van der Waals surface area (Å²) >= 11 is 0. The summed E-state index contributed by atoms with van der Waals surface area (Å²) in [5.41, 5.74) is 0. The van der Waals surface area contributed by atoms with Crippen molar-refractivity contribution in [2.75, 3.05) is 40.9 Å². The molecule has 0 aromatic rings. The van der Waals surface area contributed by atoms with Gasteiger partial charge in [-0.2, -0.15) is 0 Å². The molecular weight excluding hydrogens is 936 g/mol. The van der Waals surface area contributed by atoms with Crippen molar-refractivity contribution in [2.45, 2.75) is 347 Å². The van der Waals surface area contributed by atoms with Crippen molar-refractivity contribution in [3.8, 4) is 0 Å². The lowest BCUT2D eigenvalue weighted by Crippen LogP contribution is -2.45. The third-order valence-corrected chi connectivity index (χ3v) is 16.1. The number of nitrogens with zero attached hydrogens (tertiary/aromatic N) is 1. The van der Waals surface area contributed by atoms with E-state index in [1.165, 1.54) is 276 Å². The molecule has 0 rings (SSSR count). The number of allylic oxidation sites excluding steroid dienone is 3. The third kappa shape index (κ3) is 58.7. The van der Waals surface area contributed by atoms with Gasteiger partial charge in [0.15, 0.2) is 0 Å². The molecule has 0 bridgehead atoms. The van der Waals surface area contributed by atoms with Crippen LogP contribution in [-0.2, 0) is 18.4 Å². The molecule has 3 unspecified atom stereocenters. The van der Waals surface area contributed by atoms with Crippen LogP contribution < -0.4 is 10.2 Å². The number of carbonyl (C=O) groups excluding carboxylic acids is 1. The molecule has 0 aromatic carbocycles. The van der Waals surface area contributed by atoms with E-state index in [1.54, 1.807) is 6.08 Å². The highest BCUT2D eigenvalue weighted by molar-refractivity contribution is 7.45. The molecule has 0 saturated heterocycles. The van der Waals surface area contributed by atoms with Crippen LogP contribution in [0.15, 0.2) is 24.3 Å². The minimum Gasteiger partial charge on any atom is -0.756 e. The van der Waals surface area contributed by atoms with Gasteiger partial charge < -0.3 is 28.8 Å². The van der Waals surface area contributed by atoms with Gasteiger partial charge in [0.2, 0.25) is 5.91 Å². The van der Waals surface area contributed by atoms with Crippen LogP contribution in [-0.4, -0.2) is 68.5 Å². The average molecular weight is 1070 g/mol. The molecule has 9 heteroatoms. The highest BCUT2D eigenvalue weighted by atomic mass is 31.2. The van der Waals surface area contributed by atoms with Gasteiger partial charge in [0.25, 0.3) is 7.82 Å². The molecule has 0 saturated carbocycles. The minimum atomic E-state index is -4.60. The molecular formula is C65H129N2O6P. The van der Waals surface area contributed by atoms with Gasteiger partial charge in [0, 0.05) is 6.42 Å². The highest BCUT2D eigenvalue weighted by Gasteiger charge is 2.23. The van der Waals surface area contributed by atoms with Gasteiger partial charge >= 0.3 is 0 Å². The van der Waals surface area contributed by atoms with Crippen LogP contribution in [0, 0.1) is 0 Å². The molecule has 0 aliphatic heterocycles. The summed E-state index contributed by atoms with van der Waals surface area (Å²) in [7, 11) is 1.26. The number of carbonyl (C=O) groups is 1. The number of phosphoric acid groups is 1. The molecule has 0 fully saturated rings. The standard InChI is InChI=1S/C65H129N2O6P/c1-6-8-10-12-14-16-18-20-22-24-25-26-27-28-29-30-31-32-33-34-35-36-37-38-39-40-41-43-45-47-49-51-53-55-57-59-65(69)66-63(62-73-74(70,71)72-61-60-67(3,4)5)64(68)58-56-54-52-50-48-46-44-42-23-21-19-17-15-13-11-9-7-2/h48,50,56,58,63-64,68H,6-47,49,51-55,57,59-62H2,1-5H3,(H-,66,69,70,71)/b50-48+,58-56+.